The monoisotopic (exact) mass is 357 g/mol. The van der Waals surface area contributed by atoms with Crippen LogP contribution in [0.1, 0.15) is 12.5 Å². The van der Waals surface area contributed by atoms with Gasteiger partial charge in [-0.25, -0.2) is 4.72 Å². The molecule has 0 saturated carbocycles. The van der Waals surface area contributed by atoms with E-state index in [0.717, 1.165) is 22.0 Å². The summed E-state index contributed by atoms with van der Waals surface area (Å²) in [5.41, 5.74) is 1.02. The molecule has 0 aliphatic carbocycles. The van der Waals surface area contributed by atoms with Crippen LogP contribution in [0.3, 0.4) is 0 Å². The van der Waals surface area contributed by atoms with Crippen LogP contribution in [0, 0.1) is 0 Å². The van der Waals surface area contributed by atoms with Crippen LogP contribution in [-0.2, 0) is 5.54 Å². The second kappa shape index (κ2) is 5.69. The zero-order chi connectivity index (χ0) is 17.7. The fourth-order valence-electron chi connectivity index (χ4n) is 3.21. The first-order chi connectivity index (χ1) is 11.9. The summed E-state index contributed by atoms with van der Waals surface area (Å²) in [4.78, 5) is 15.5. The van der Waals surface area contributed by atoms with Crippen LogP contribution < -0.4 is 15.0 Å². The normalized spacial score (nSPS) is 23.6. The number of pyridine rings is 1. The molecule has 1 unspecified atom stereocenters. The Balaban J connectivity index is 1.73. The molecule has 1 atom stereocenters. The van der Waals surface area contributed by atoms with Crippen molar-refractivity contribution in [3.8, 4) is 11.3 Å². The van der Waals surface area contributed by atoms with E-state index in [1.165, 1.54) is 0 Å². The van der Waals surface area contributed by atoms with Gasteiger partial charge in [0.2, 0.25) is 0 Å². The number of H-pyrrole nitrogens is 1. The van der Waals surface area contributed by atoms with Gasteiger partial charge in [-0.1, -0.05) is 47.4 Å². The number of fused-ring (bicyclic) bond motifs is 1. The fourth-order valence-corrected chi connectivity index (χ4v) is 4.59. The molecule has 25 heavy (non-hydrogen) atoms. The van der Waals surface area contributed by atoms with Gasteiger partial charge in [0.05, 0.1) is 5.54 Å². The van der Waals surface area contributed by atoms with Crippen molar-refractivity contribution in [1.82, 2.24) is 14.4 Å². The Morgan fingerprint density at radius 2 is 1.80 bits per heavy atom. The first-order valence-corrected chi connectivity index (χ1v) is 9.46. The van der Waals surface area contributed by atoms with Crippen LogP contribution in [0.5, 0.6) is 0 Å². The molecule has 130 valence electrons. The maximum absolute atomic E-state index is 12.6. The third-order valence-corrected chi connectivity index (χ3v) is 5.84. The van der Waals surface area contributed by atoms with E-state index in [4.69, 9.17) is 0 Å². The van der Waals surface area contributed by atoms with Gasteiger partial charge in [0.25, 0.3) is 5.56 Å². The summed E-state index contributed by atoms with van der Waals surface area (Å²) in [6.07, 6.45) is 0. The molecule has 1 aliphatic rings. The van der Waals surface area contributed by atoms with E-state index >= 15 is 0 Å². The minimum atomic E-state index is -3.06. The molecule has 0 radical (unpaired) electrons. The largest absolute Gasteiger partial charge is 0.322 e. The fraction of sp³-hybridized carbons (Fsp3) is 0.167. The van der Waals surface area contributed by atoms with Gasteiger partial charge in [-0.3, -0.25) is 13.9 Å². The number of rotatable bonds is 2. The average molecular weight is 357 g/mol. The van der Waals surface area contributed by atoms with Crippen molar-refractivity contribution >= 4 is 21.7 Å². The molecular weight excluding hydrogens is 338 g/mol. The van der Waals surface area contributed by atoms with Crippen LogP contribution in [0.15, 0.2) is 59.4 Å². The molecule has 1 aliphatic heterocycles. The molecule has 1 saturated heterocycles. The van der Waals surface area contributed by atoms with Crippen molar-refractivity contribution < 1.29 is 9.11 Å². The van der Waals surface area contributed by atoms with Crippen LogP contribution in [0.25, 0.3) is 22.0 Å². The van der Waals surface area contributed by atoms with Crippen molar-refractivity contribution in [3.63, 3.8) is 0 Å². The second-order valence-electron chi connectivity index (χ2n) is 6.48. The smallest absolute Gasteiger partial charge is 0.253 e. The SMILES string of the molecule is CC1(c2ccc(-c3ccc4ccccc4c3)[nH]c2=O)CNS(O)(O)N1. The standard InChI is InChI=1S/C18H19N3O3S/c1-18(11-19-25(23,24)21-18)15-8-9-16(20-17(15)22)14-7-6-12-4-2-3-5-13(12)10-14/h2-10,19,21,23-24H,11H2,1H3,(H,20,22). The van der Waals surface area contributed by atoms with Crippen LogP contribution in [-0.4, -0.2) is 20.6 Å². The third kappa shape index (κ3) is 2.97. The molecular formula is C18H19N3O3S. The summed E-state index contributed by atoms with van der Waals surface area (Å²) < 4.78 is 24.8. The molecule has 2 heterocycles. The highest BCUT2D eigenvalue weighted by Crippen LogP contribution is 2.41. The van der Waals surface area contributed by atoms with Crippen LogP contribution >= 0.6 is 11.0 Å². The number of hydrogen-bond donors (Lipinski definition) is 5. The summed E-state index contributed by atoms with van der Waals surface area (Å²) in [5, 5.41) is 2.25. The molecule has 3 aromatic rings. The summed E-state index contributed by atoms with van der Waals surface area (Å²) >= 11 is 0. The molecule has 6 nitrogen and oxygen atoms in total. The number of benzene rings is 2. The minimum absolute atomic E-state index is 0.250. The molecule has 0 bridgehead atoms. The van der Waals surface area contributed by atoms with Crippen LogP contribution in [0.4, 0.5) is 0 Å². The van der Waals surface area contributed by atoms with Gasteiger partial charge < -0.3 is 4.98 Å². The minimum Gasteiger partial charge on any atom is -0.322 e. The molecule has 0 spiro atoms. The lowest BCUT2D eigenvalue weighted by Gasteiger charge is -2.30. The lowest BCUT2D eigenvalue weighted by Crippen LogP contribution is -2.41. The molecule has 1 fully saturated rings. The number of hydrogen-bond acceptors (Lipinski definition) is 5. The van der Waals surface area contributed by atoms with E-state index in [0.29, 0.717) is 5.56 Å². The van der Waals surface area contributed by atoms with Crippen LogP contribution in [0.2, 0.25) is 0 Å². The topological polar surface area (TPSA) is 97.4 Å². The Morgan fingerprint density at radius 1 is 1.04 bits per heavy atom. The highest BCUT2D eigenvalue weighted by molar-refractivity contribution is 8.21. The van der Waals surface area contributed by atoms with Gasteiger partial charge in [-0.2, -0.15) is 4.72 Å². The predicted octanol–water partition coefficient (Wildman–Crippen LogP) is 3.18. The Bertz CT molecular complexity index is 1020. The maximum Gasteiger partial charge on any atom is 0.253 e. The summed E-state index contributed by atoms with van der Waals surface area (Å²) in [6, 6.07) is 17.7. The van der Waals surface area contributed by atoms with Gasteiger partial charge in [0.1, 0.15) is 0 Å². The van der Waals surface area contributed by atoms with Gasteiger partial charge in [-0.15, -0.1) is 0 Å². The Morgan fingerprint density at radius 3 is 2.48 bits per heavy atom. The lowest BCUT2D eigenvalue weighted by molar-refractivity contribution is 0.441. The average Bonchev–Trinajstić information content (AvgIpc) is 2.88. The summed E-state index contributed by atoms with van der Waals surface area (Å²) in [5.74, 6) is 0. The Hall–Kier alpha value is -2.16. The number of nitrogens with one attached hydrogen (secondary N) is 3. The molecule has 2 aromatic carbocycles. The molecule has 1 aromatic heterocycles. The Kier molecular flexibility index (Phi) is 3.71. The van der Waals surface area contributed by atoms with Crippen molar-refractivity contribution in [3.05, 3.63) is 70.5 Å². The van der Waals surface area contributed by atoms with Crippen molar-refractivity contribution in [2.75, 3.05) is 6.54 Å². The van der Waals surface area contributed by atoms with Gasteiger partial charge in [0, 0.05) is 17.8 Å². The van der Waals surface area contributed by atoms with Crippen molar-refractivity contribution in [2.24, 2.45) is 0 Å². The van der Waals surface area contributed by atoms with Gasteiger partial charge >= 0.3 is 0 Å². The summed E-state index contributed by atoms with van der Waals surface area (Å²) in [7, 11) is -3.06. The molecule has 4 rings (SSSR count). The second-order valence-corrected chi connectivity index (χ2v) is 8.07. The van der Waals surface area contributed by atoms with E-state index in [1.54, 1.807) is 13.0 Å². The van der Waals surface area contributed by atoms with E-state index in [-0.39, 0.29) is 12.1 Å². The van der Waals surface area contributed by atoms with E-state index < -0.39 is 16.5 Å². The van der Waals surface area contributed by atoms with Crippen molar-refractivity contribution in [1.29, 1.82) is 0 Å². The third-order valence-electron chi connectivity index (χ3n) is 4.56. The van der Waals surface area contributed by atoms with E-state index in [2.05, 4.69) is 14.4 Å². The predicted molar refractivity (Wildman–Crippen MR) is 101 cm³/mol. The first-order valence-electron chi connectivity index (χ1n) is 7.91. The molecule has 0 amide bonds. The number of aromatic amines is 1. The molecule has 7 heteroatoms. The maximum atomic E-state index is 12.6. The van der Waals surface area contributed by atoms with E-state index in [1.807, 2.05) is 48.5 Å². The number of aromatic nitrogens is 1. The van der Waals surface area contributed by atoms with Gasteiger partial charge in [0.15, 0.2) is 0 Å². The molecule has 5 N–H and O–H groups in total. The Labute approximate surface area is 146 Å². The highest BCUT2D eigenvalue weighted by atomic mass is 32.3. The zero-order valence-electron chi connectivity index (χ0n) is 13.6. The van der Waals surface area contributed by atoms with Gasteiger partial charge in [-0.05, 0) is 41.5 Å². The zero-order valence-corrected chi connectivity index (χ0v) is 14.4. The first kappa shape index (κ1) is 16.3. The summed E-state index contributed by atoms with van der Waals surface area (Å²) in [6.45, 7) is 2.02. The quantitative estimate of drug-likeness (QED) is 0.485. The van der Waals surface area contributed by atoms with E-state index in [9.17, 15) is 13.9 Å². The highest BCUT2D eigenvalue weighted by Gasteiger charge is 2.40. The lowest BCUT2D eigenvalue weighted by atomic mass is 9.94. The van der Waals surface area contributed by atoms with Crippen molar-refractivity contribution in [2.45, 2.75) is 12.5 Å².